The second-order valence-electron chi connectivity index (χ2n) is 8.30. The minimum Gasteiger partial charge on any atom is -0.300 e. The summed E-state index contributed by atoms with van der Waals surface area (Å²) < 4.78 is 42.6. The third kappa shape index (κ3) is 3.55. The number of carbonyl (C=O) groups excluding carboxylic acids is 1. The Morgan fingerprint density at radius 1 is 1.09 bits per heavy atom. The molecule has 4 heterocycles. The van der Waals surface area contributed by atoms with Gasteiger partial charge in [0.15, 0.2) is 5.78 Å². The minimum absolute atomic E-state index is 0.0747. The molecule has 0 fully saturated rings. The average Bonchev–Trinajstić information content (AvgIpc) is 3.41. The molecule has 8 heteroatoms. The molecule has 0 saturated carbocycles. The van der Waals surface area contributed by atoms with Gasteiger partial charge in [0.25, 0.3) is 0 Å². The standard InChI is InChI=1S/C25H21F3N4O/c1-3-4-19-12-29-22-10-7-17(14-31(19)22)21-13-30-32-15(2)11-20(24(33)23(21)32)16-5-8-18(9-6-16)25(26,27)28/h3-10,12-15,20H,11H2,1-2H3/b4-3-/t15-,20?/m0/s1. The van der Waals surface area contributed by atoms with Gasteiger partial charge in [-0.15, -0.1) is 0 Å². The molecule has 5 nitrogen and oxygen atoms in total. The maximum Gasteiger partial charge on any atom is 0.416 e. The molecule has 0 N–H and O–H groups in total. The highest BCUT2D eigenvalue weighted by Crippen LogP contribution is 2.40. The number of imidazole rings is 1. The molecule has 4 aromatic rings. The van der Waals surface area contributed by atoms with Gasteiger partial charge in [-0.25, -0.2) is 4.98 Å². The van der Waals surface area contributed by atoms with Gasteiger partial charge in [-0.1, -0.05) is 18.2 Å². The van der Waals surface area contributed by atoms with E-state index >= 15 is 0 Å². The van der Waals surface area contributed by atoms with E-state index in [2.05, 4.69) is 10.1 Å². The molecular weight excluding hydrogens is 429 g/mol. The highest BCUT2D eigenvalue weighted by Gasteiger charge is 2.37. The van der Waals surface area contributed by atoms with Gasteiger partial charge in [-0.3, -0.25) is 13.9 Å². The first-order valence-corrected chi connectivity index (χ1v) is 10.7. The van der Waals surface area contributed by atoms with Crippen LogP contribution in [-0.2, 0) is 6.18 Å². The SMILES string of the molecule is C/C=C\c1cnc2ccc(-c3cnn4c3C(=O)C(c3ccc(C(F)(F)F)cc3)C[C@@H]4C)cn12. The molecule has 1 aliphatic rings. The summed E-state index contributed by atoms with van der Waals surface area (Å²) in [5.74, 6) is -0.666. The van der Waals surface area contributed by atoms with Crippen LogP contribution in [0.25, 0.3) is 22.9 Å². The van der Waals surface area contributed by atoms with Crippen molar-refractivity contribution in [2.75, 3.05) is 0 Å². The molecule has 0 saturated heterocycles. The summed E-state index contributed by atoms with van der Waals surface area (Å²) in [6, 6.07) is 8.60. The number of pyridine rings is 1. The number of alkyl halides is 3. The summed E-state index contributed by atoms with van der Waals surface area (Å²) in [6.45, 7) is 3.89. The van der Waals surface area contributed by atoms with E-state index in [1.165, 1.54) is 12.1 Å². The van der Waals surface area contributed by atoms with Crippen molar-refractivity contribution >= 4 is 17.5 Å². The molecule has 0 amide bonds. The summed E-state index contributed by atoms with van der Waals surface area (Å²) in [6.07, 6.45) is 5.33. The van der Waals surface area contributed by atoms with Crippen LogP contribution in [0.1, 0.15) is 59.5 Å². The number of allylic oxidation sites excluding steroid dienone is 1. The summed E-state index contributed by atoms with van der Waals surface area (Å²) in [5.41, 5.74) is 3.56. The fraction of sp³-hybridized carbons (Fsp3) is 0.240. The van der Waals surface area contributed by atoms with E-state index in [1.54, 1.807) is 17.1 Å². The Balaban J connectivity index is 1.56. The second kappa shape index (κ2) is 7.72. The van der Waals surface area contributed by atoms with Crippen LogP contribution in [0.15, 0.2) is 61.1 Å². The van der Waals surface area contributed by atoms with Gasteiger partial charge in [-0.05, 0) is 56.2 Å². The van der Waals surface area contributed by atoms with Crippen LogP contribution in [0, 0.1) is 0 Å². The van der Waals surface area contributed by atoms with Gasteiger partial charge < -0.3 is 0 Å². The quantitative estimate of drug-likeness (QED) is 0.375. The Hall–Kier alpha value is -3.68. The maximum atomic E-state index is 13.6. The zero-order chi connectivity index (χ0) is 23.3. The van der Waals surface area contributed by atoms with E-state index in [-0.39, 0.29) is 11.8 Å². The first-order chi connectivity index (χ1) is 15.8. The van der Waals surface area contributed by atoms with Gasteiger partial charge in [0.05, 0.1) is 35.6 Å². The number of rotatable bonds is 3. The van der Waals surface area contributed by atoms with Gasteiger partial charge in [0.1, 0.15) is 11.3 Å². The van der Waals surface area contributed by atoms with Crippen molar-refractivity contribution in [3.63, 3.8) is 0 Å². The Kier molecular flexibility index (Phi) is 4.96. The van der Waals surface area contributed by atoms with E-state index in [9.17, 15) is 18.0 Å². The monoisotopic (exact) mass is 450 g/mol. The number of hydrogen-bond donors (Lipinski definition) is 0. The third-order valence-electron chi connectivity index (χ3n) is 6.16. The minimum atomic E-state index is -4.41. The predicted molar refractivity (Wildman–Crippen MR) is 119 cm³/mol. The highest BCUT2D eigenvalue weighted by atomic mass is 19.4. The van der Waals surface area contributed by atoms with Crippen LogP contribution < -0.4 is 0 Å². The predicted octanol–water partition coefficient (Wildman–Crippen LogP) is 6.18. The van der Waals surface area contributed by atoms with Crippen molar-refractivity contribution in [3.05, 3.63) is 83.6 Å². The molecule has 5 rings (SSSR count). The largest absolute Gasteiger partial charge is 0.416 e. The number of hydrogen-bond acceptors (Lipinski definition) is 3. The van der Waals surface area contributed by atoms with E-state index in [0.717, 1.165) is 29.0 Å². The van der Waals surface area contributed by atoms with Gasteiger partial charge in [-0.2, -0.15) is 18.3 Å². The summed E-state index contributed by atoms with van der Waals surface area (Å²) in [4.78, 5) is 18.0. The first-order valence-electron chi connectivity index (χ1n) is 10.7. The maximum absolute atomic E-state index is 13.6. The topological polar surface area (TPSA) is 52.2 Å². The van der Waals surface area contributed by atoms with Crippen LogP contribution in [0.3, 0.4) is 0 Å². The van der Waals surface area contributed by atoms with Crippen LogP contribution in [0.5, 0.6) is 0 Å². The molecule has 3 aromatic heterocycles. The van der Waals surface area contributed by atoms with E-state index in [4.69, 9.17) is 0 Å². The van der Waals surface area contributed by atoms with Crippen LogP contribution in [-0.4, -0.2) is 24.9 Å². The molecule has 0 aliphatic carbocycles. The summed E-state index contributed by atoms with van der Waals surface area (Å²) in [5, 5.41) is 4.47. The normalized spacial score (nSPS) is 18.9. The van der Waals surface area contributed by atoms with Crippen molar-refractivity contribution in [1.82, 2.24) is 19.2 Å². The molecule has 2 atom stereocenters. The van der Waals surface area contributed by atoms with Crippen LogP contribution in [0.2, 0.25) is 0 Å². The van der Waals surface area contributed by atoms with E-state index in [0.29, 0.717) is 23.2 Å². The molecule has 0 bridgehead atoms. The number of carbonyl (C=O) groups is 1. The van der Waals surface area contributed by atoms with Gasteiger partial charge in [0.2, 0.25) is 0 Å². The van der Waals surface area contributed by atoms with Crippen molar-refractivity contribution in [3.8, 4) is 11.1 Å². The van der Waals surface area contributed by atoms with Gasteiger partial charge in [0, 0.05) is 17.3 Å². The average molecular weight is 450 g/mol. The smallest absolute Gasteiger partial charge is 0.300 e. The molecule has 1 unspecified atom stereocenters. The van der Waals surface area contributed by atoms with Crippen molar-refractivity contribution in [2.24, 2.45) is 0 Å². The number of Topliss-reactive ketones (excluding diaryl/α,β-unsaturated/α-hetero) is 1. The highest BCUT2D eigenvalue weighted by molar-refractivity contribution is 6.05. The molecule has 33 heavy (non-hydrogen) atoms. The molecular formula is C25H21F3N4O. The lowest BCUT2D eigenvalue weighted by Crippen LogP contribution is -2.28. The zero-order valence-electron chi connectivity index (χ0n) is 18.0. The lowest BCUT2D eigenvalue weighted by molar-refractivity contribution is -0.137. The number of nitrogens with zero attached hydrogens (tertiary/aromatic N) is 4. The van der Waals surface area contributed by atoms with E-state index in [1.807, 2.05) is 48.7 Å². The Morgan fingerprint density at radius 3 is 2.55 bits per heavy atom. The molecule has 0 radical (unpaired) electrons. The van der Waals surface area contributed by atoms with Crippen molar-refractivity contribution in [2.45, 2.75) is 38.4 Å². The number of benzene rings is 1. The summed E-state index contributed by atoms with van der Waals surface area (Å²) >= 11 is 0. The Bertz CT molecular complexity index is 1380. The first kappa shape index (κ1) is 21.2. The third-order valence-corrected chi connectivity index (χ3v) is 6.16. The molecule has 168 valence electrons. The zero-order valence-corrected chi connectivity index (χ0v) is 18.0. The second-order valence-corrected chi connectivity index (χ2v) is 8.30. The fourth-order valence-corrected chi connectivity index (χ4v) is 4.51. The lowest BCUT2D eigenvalue weighted by Gasteiger charge is -2.28. The van der Waals surface area contributed by atoms with Crippen molar-refractivity contribution < 1.29 is 18.0 Å². The number of aromatic nitrogens is 4. The lowest BCUT2D eigenvalue weighted by atomic mass is 9.83. The number of halogens is 3. The molecule has 1 aliphatic heterocycles. The Morgan fingerprint density at radius 2 is 1.85 bits per heavy atom. The number of fused-ring (bicyclic) bond motifs is 2. The number of ketones is 1. The summed E-state index contributed by atoms with van der Waals surface area (Å²) in [7, 11) is 0. The van der Waals surface area contributed by atoms with Gasteiger partial charge >= 0.3 is 6.18 Å². The Labute approximate surface area is 188 Å². The molecule has 1 aromatic carbocycles. The fourth-order valence-electron chi connectivity index (χ4n) is 4.51. The van der Waals surface area contributed by atoms with E-state index < -0.39 is 17.7 Å². The van der Waals surface area contributed by atoms with Crippen LogP contribution in [0.4, 0.5) is 13.2 Å². The molecule has 0 spiro atoms. The van der Waals surface area contributed by atoms with Crippen molar-refractivity contribution in [1.29, 1.82) is 0 Å². The van der Waals surface area contributed by atoms with Crippen LogP contribution >= 0.6 is 0 Å².